The molecule has 0 aromatic carbocycles. The Morgan fingerprint density at radius 1 is 1.31 bits per heavy atom. The Morgan fingerprint density at radius 2 is 2.00 bits per heavy atom. The van der Waals surface area contributed by atoms with Gasteiger partial charge in [0.1, 0.15) is 5.60 Å². The first-order valence-corrected chi connectivity index (χ1v) is 8.54. The first-order chi connectivity index (χ1) is 12.1. The van der Waals surface area contributed by atoms with Crippen LogP contribution in [0.4, 0.5) is 4.79 Å². The Labute approximate surface area is 155 Å². The average Bonchev–Trinajstić information content (AvgIpc) is 2.55. The van der Waals surface area contributed by atoms with Gasteiger partial charge in [-0.3, -0.25) is 9.78 Å². The molecule has 0 bridgehead atoms. The van der Waals surface area contributed by atoms with Crippen LogP contribution >= 0.6 is 0 Å². The molecule has 0 spiro atoms. The Hall–Kier alpha value is -2.69. The van der Waals surface area contributed by atoms with Crippen molar-refractivity contribution >= 4 is 11.9 Å². The van der Waals surface area contributed by atoms with Crippen molar-refractivity contribution in [2.45, 2.75) is 46.6 Å². The summed E-state index contributed by atoms with van der Waals surface area (Å²) in [6.45, 7) is 13.2. The fraction of sp³-hybridized carbons (Fsp3) is 0.381. The molecule has 0 saturated carbocycles. The van der Waals surface area contributed by atoms with Crippen LogP contribution in [0.1, 0.15) is 50.5 Å². The van der Waals surface area contributed by atoms with Crippen molar-refractivity contribution < 1.29 is 14.3 Å². The summed E-state index contributed by atoms with van der Waals surface area (Å²) < 4.78 is 5.24. The maximum absolute atomic E-state index is 11.8. The summed E-state index contributed by atoms with van der Waals surface area (Å²) in [6.07, 6.45) is 9.14. The molecule has 140 valence electrons. The molecule has 1 heterocycles. The number of nitrogens with zero attached hydrogens (tertiary/aromatic N) is 1. The highest BCUT2D eigenvalue weighted by atomic mass is 16.6. The number of allylic oxidation sites excluding steroid dienone is 3. The summed E-state index contributed by atoms with van der Waals surface area (Å²) in [5.74, 6) is -0.0243. The second kappa shape index (κ2) is 9.70. The van der Waals surface area contributed by atoms with E-state index in [1.807, 2.05) is 52.0 Å². The molecular weight excluding hydrogens is 328 g/mol. The first kappa shape index (κ1) is 21.4. The lowest BCUT2D eigenvalue weighted by Crippen LogP contribution is -2.33. The van der Waals surface area contributed by atoms with E-state index in [1.54, 1.807) is 12.4 Å². The Kier molecular flexibility index (Phi) is 7.97. The van der Waals surface area contributed by atoms with Gasteiger partial charge in [-0.15, -0.1) is 0 Å². The second-order valence-electron chi connectivity index (χ2n) is 6.99. The van der Waals surface area contributed by atoms with Gasteiger partial charge in [-0.2, -0.15) is 0 Å². The van der Waals surface area contributed by atoms with Gasteiger partial charge in [0.25, 0.3) is 0 Å². The van der Waals surface area contributed by atoms with Crippen molar-refractivity contribution in [3.05, 3.63) is 65.5 Å². The largest absolute Gasteiger partial charge is 0.444 e. The summed E-state index contributed by atoms with van der Waals surface area (Å²) in [4.78, 5) is 27.5. The zero-order chi connectivity index (χ0) is 19.7. The summed E-state index contributed by atoms with van der Waals surface area (Å²) in [5, 5.41) is 2.72. The molecule has 0 fully saturated rings. The first-order valence-electron chi connectivity index (χ1n) is 8.54. The smallest absolute Gasteiger partial charge is 0.407 e. The van der Waals surface area contributed by atoms with E-state index in [1.165, 1.54) is 6.92 Å². The van der Waals surface area contributed by atoms with Crippen LogP contribution in [0.5, 0.6) is 0 Å². The van der Waals surface area contributed by atoms with Crippen LogP contribution in [0.25, 0.3) is 0 Å². The van der Waals surface area contributed by atoms with E-state index in [2.05, 4.69) is 16.9 Å². The van der Waals surface area contributed by atoms with Gasteiger partial charge in [0.15, 0.2) is 5.78 Å². The lowest BCUT2D eigenvalue weighted by Gasteiger charge is -2.20. The van der Waals surface area contributed by atoms with Gasteiger partial charge in [0.2, 0.25) is 0 Å². The zero-order valence-corrected chi connectivity index (χ0v) is 16.3. The minimum absolute atomic E-state index is 0.0243. The number of ether oxygens (including phenoxy) is 1. The molecule has 26 heavy (non-hydrogen) atoms. The number of rotatable bonds is 7. The third kappa shape index (κ3) is 7.92. The molecule has 1 amide bonds. The third-order valence-electron chi connectivity index (χ3n) is 3.38. The van der Waals surface area contributed by atoms with E-state index < -0.39 is 11.7 Å². The van der Waals surface area contributed by atoms with Crippen LogP contribution in [0.3, 0.4) is 0 Å². The molecule has 0 atom stereocenters. The number of hydrogen-bond acceptors (Lipinski definition) is 4. The van der Waals surface area contributed by atoms with Crippen molar-refractivity contribution in [1.82, 2.24) is 10.3 Å². The number of alkyl carbamates (subject to hydrolysis) is 1. The van der Waals surface area contributed by atoms with E-state index in [0.29, 0.717) is 12.0 Å². The predicted octanol–water partition coefficient (Wildman–Crippen LogP) is 4.41. The maximum atomic E-state index is 11.8. The molecule has 0 aliphatic heterocycles. The highest BCUT2D eigenvalue weighted by Gasteiger charge is 2.16. The molecule has 5 nitrogen and oxygen atoms in total. The molecule has 0 saturated heterocycles. The van der Waals surface area contributed by atoms with E-state index >= 15 is 0 Å². The van der Waals surface area contributed by atoms with Crippen molar-refractivity contribution in [3.8, 4) is 0 Å². The number of amides is 1. The third-order valence-corrected chi connectivity index (χ3v) is 3.38. The Bertz CT molecular complexity index is 725. The molecule has 0 aliphatic carbocycles. The topological polar surface area (TPSA) is 68.3 Å². The number of nitrogens with one attached hydrogen (secondary N) is 1. The van der Waals surface area contributed by atoms with E-state index in [-0.39, 0.29) is 12.3 Å². The second-order valence-corrected chi connectivity index (χ2v) is 6.99. The summed E-state index contributed by atoms with van der Waals surface area (Å²) in [6, 6.07) is 1.83. The standard InChI is InChI=1S/C21H28N2O3/c1-7-8-9-18(10-17-11-19(16(3)24)14-22-13-17)15(2)12-23-20(25)26-21(4,5)6/h7-9,11,13-14H,2,10,12H2,1,3-6H3,(H,23,25)/b8-7-,18-9-. The van der Waals surface area contributed by atoms with E-state index in [4.69, 9.17) is 4.74 Å². The molecule has 1 N–H and O–H groups in total. The molecule has 0 aliphatic rings. The van der Waals surface area contributed by atoms with Crippen molar-refractivity contribution in [2.75, 3.05) is 6.54 Å². The van der Waals surface area contributed by atoms with E-state index in [0.717, 1.165) is 16.7 Å². The summed E-state index contributed by atoms with van der Waals surface area (Å²) >= 11 is 0. The Balaban J connectivity index is 2.84. The van der Waals surface area contributed by atoms with Gasteiger partial charge in [-0.25, -0.2) is 4.79 Å². The lowest BCUT2D eigenvalue weighted by atomic mass is 9.98. The van der Waals surface area contributed by atoms with Crippen LogP contribution in [0.15, 0.2) is 54.4 Å². The highest BCUT2D eigenvalue weighted by molar-refractivity contribution is 5.93. The number of carbonyl (C=O) groups excluding carboxylic acids is 2. The number of Topliss-reactive ketones (excluding diaryl/α,β-unsaturated/α-hetero) is 1. The number of ketones is 1. The molecular formula is C21H28N2O3. The van der Waals surface area contributed by atoms with Gasteiger partial charge in [-0.05, 0) is 63.8 Å². The minimum Gasteiger partial charge on any atom is -0.444 e. The van der Waals surface area contributed by atoms with Crippen LogP contribution in [0.2, 0.25) is 0 Å². The van der Waals surface area contributed by atoms with E-state index in [9.17, 15) is 9.59 Å². The predicted molar refractivity (Wildman–Crippen MR) is 104 cm³/mol. The monoisotopic (exact) mass is 356 g/mol. The highest BCUT2D eigenvalue weighted by Crippen LogP contribution is 2.16. The van der Waals surface area contributed by atoms with Gasteiger partial charge in [0, 0.05) is 24.5 Å². The zero-order valence-electron chi connectivity index (χ0n) is 16.3. The number of aromatic nitrogens is 1. The van der Waals surface area contributed by atoms with Gasteiger partial charge < -0.3 is 10.1 Å². The fourth-order valence-corrected chi connectivity index (χ4v) is 2.12. The molecule has 0 unspecified atom stereocenters. The van der Waals surface area contributed by atoms with Gasteiger partial charge >= 0.3 is 6.09 Å². The molecule has 1 aromatic heterocycles. The van der Waals surface area contributed by atoms with Gasteiger partial charge in [-0.1, -0.05) is 24.8 Å². The quantitative estimate of drug-likeness (QED) is 0.580. The SMILES string of the molecule is C=C(CNC(=O)OC(C)(C)C)/C(=C\C=C/C)Cc1cncc(C(C)=O)c1. The fourth-order valence-electron chi connectivity index (χ4n) is 2.12. The average molecular weight is 356 g/mol. The maximum Gasteiger partial charge on any atom is 0.407 e. The van der Waals surface area contributed by atoms with Crippen LogP contribution in [-0.4, -0.2) is 29.0 Å². The molecule has 1 aromatic rings. The van der Waals surface area contributed by atoms with Crippen LogP contribution < -0.4 is 5.32 Å². The lowest BCUT2D eigenvalue weighted by molar-refractivity contribution is 0.0533. The molecule has 0 radical (unpaired) electrons. The Morgan fingerprint density at radius 3 is 2.58 bits per heavy atom. The van der Waals surface area contributed by atoms with Crippen molar-refractivity contribution in [1.29, 1.82) is 0 Å². The molecule has 1 rings (SSSR count). The normalized spacial score (nSPS) is 12.1. The summed E-state index contributed by atoms with van der Waals surface area (Å²) in [7, 11) is 0. The van der Waals surface area contributed by atoms with Crippen LogP contribution in [-0.2, 0) is 11.2 Å². The minimum atomic E-state index is -0.548. The number of hydrogen-bond donors (Lipinski definition) is 1. The summed E-state index contributed by atoms with van der Waals surface area (Å²) in [5.41, 5.74) is 2.65. The van der Waals surface area contributed by atoms with Crippen molar-refractivity contribution in [3.63, 3.8) is 0 Å². The van der Waals surface area contributed by atoms with Crippen molar-refractivity contribution in [2.24, 2.45) is 0 Å². The number of pyridine rings is 1. The number of carbonyl (C=O) groups is 2. The van der Waals surface area contributed by atoms with Crippen LogP contribution in [0, 0.1) is 0 Å². The van der Waals surface area contributed by atoms with Gasteiger partial charge in [0.05, 0.1) is 0 Å². The molecule has 5 heteroatoms.